The van der Waals surface area contributed by atoms with E-state index in [9.17, 15) is 0 Å². The second-order valence-corrected chi connectivity index (χ2v) is 7.60. The van der Waals surface area contributed by atoms with Gasteiger partial charge in [0.05, 0.1) is 11.0 Å². The van der Waals surface area contributed by atoms with Gasteiger partial charge in [-0.15, -0.1) is 0 Å². The lowest BCUT2D eigenvalue weighted by molar-refractivity contribution is 0.689. The number of aromatic nitrogens is 2. The average molecular weight is 429 g/mol. The number of hydrogen-bond donors (Lipinski definition) is 2. The molecule has 0 saturated carbocycles. The molecule has 0 aliphatic rings. The first-order valence-electron chi connectivity index (χ1n) is 8.35. The molecule has 2 N–H and O–H groups in total. The fraction of sp³-hybridized carbons (Fsp3) is 0.200. The van der Waals surface area contributed by atoms with Gasteiger partial charge in [-0.1, -0.05) is 42.0 Å². The zero-order valence-electron chi connectivity index (χ0n) is 15.0. The Morgan fingerprint density at radius 3 is 2.54 bits per heavy atom. The van der Waals surface area contributed by atoms with Crippen LogP contribution in [0, 0.1) is 20.8 Å². The van der Waals surface area contributed by atoms with Crippen LogP contribution in [0.25, 0.3) is 0 Å². The van der Waals surface area contributed by atoms with Crippen molar-refractivity contribution < 1.29 is 0 Å². The van der Waals surface area contributed by atoms with Crippen molar-refractivity contribution >= 4 is 44.8 Å². The maximum absolute atomic E-state index is 5.44. The molecule has 0 spiro atoms. The van der Waals surface area contributed by atoms with Crippen LogP contribution in [-0.4, -0.2) is 14.9 Å². The summed E-state index contributed by atoms with van der Waals surface area (Å²) in [5, 5.41) is 11.5. The Kier molecular flexibility index (Phi) is 5.74. The lowest BCUT2D eigenvalue weighted by Crippen LogP contribution is -2.20. The number of benzene rings is 2. The molecule has 1 aromatic heterocycles. The largest absolute Gasteiger partial charge is 0.332 e. The summed E-state index contributed by atoms with van der Waals surface area (Å²) < 4.78 is 2.76. The number of anilines is 2. The van der Waals surface area contributed by atoms with Crippen LogP contribution in [0.1, 0.15) is 22.3 Å². The lowest BCUT2D eigenvalue weighted by Gasteiger charge is -2.12. The van der Waals surface area contributed by atoms with Crippen molar-refractivity contribution in [2.24, 2.45) is 0 Å². The molecule has 0 bridgehead atoms. The number of hydrogen-bond acceptors (Lipinski definition) is 2. The quantitative estimate of drug-likeness (QED) is 0.543. The third-order valence-corrected chi connectivity index (χ3v) is 5.05. The smallest absolute Gasteiger partial charge is 0.176 e. The molecule has 0 fully saturated rings. The van der Waals surface area contributed by atoms with Gasteiger partial charge in [0.2, 0.25) is 0 Å². The van der Waals surface area contributed by atoms with Gasteiger partial charge in [0, 0.05) is 11.9 Å². The Hall–Kier alpha value is -2.18. The van der Waals surface area contributed by atoms with Gasteiger partial charge in [0.1, 0.15) is 0 Å². The monoisotopic (exact) mass is 428 g/mol. The molecule has 6 heteroatoms. The molecule has 0 radical (unpaired) electrons. The van der Waals surface area contributed by atoms with E-state index in [2.05, 4.69) is 82.8 Å². The van der Waals surface area contributed by atoms with Crippen LogP contribution in [0.4, 0.5) is 11.5 Å². The van der Waals surface area contributed by atoms with E-state index in [1.165, 1.54) is 22.3 Å². The van der Waals surface area contributed by atoms with Crippen molar-refractivity contribution in [3.8, 4) is 0 Å². The first-order chi connectivity index (χ1) is 12.4. The predicted molar refractivity (Wildman–Crippen MR) is 116 cm³/mol. The number of thiocarbonyl (C=S) groups is 1. The normalized spacial score (nSPS) is 10.6. The number of aryl methyl sites for hydroxylation is 2. The van der Waals surface area contributed by atoms with Crippen molar-refractivity contribution in [3.05, 3.63) is 75.4 Å². The molecule has 2 aromatic carbocycles. The molecule has 1 heterocycles. The van der Waals surface area contributed by atoms with Gasteiger partial charge >= 0.3 is 0 Å². The average Bonchev–Trinajstić information content (AvgIpc) is 2.93. The van der Waals surface area contributed by atoms with Gasteiger partial charge in [-0.25, -0.2) is 0 Å². The van der Waals surface area contributed by atoms with E-state index in [1.54, 1.807) is 0 Å². The Balaban J connectivity index is 1.68. The third-order valence-electron chi connectivity index (χ3n) is 4.27. The Bertz CT molecular complexity index is 931. The van der Waals surface area contributed by atoms with E-state index in [4.69, 9.17) is 12.2 Å². The summed E-state index contributed by atoms with van der Waals surface area (Å²) in [5.41, 5.74) is 5.86. The molecule has 0 aliphatic carbocycles. The van der Waals surface area contributed by atoms with Gasteiger partial charge in [-0.2, -0.15) is 5.10 Å². The fourth-order valence-electron chi connectivity index (χ4n) is 2.59. The van der Waals surface area contributed by atoms with Gasteiger partial charge < -0.3 is 10.6 Å². The predicted octanol–water partition coefficient (Wildman–Crippen LogP) is 5.43. The van der Waals surface area contributed by atoms with Crippen molar-refractivity contribution in [1.82, 2.24) is 9.78 Å². The minimum absolute atomic E-state index is 0.514. The Morgan fingerprint density at radius 1 is 1.08 bits per heavy atom. The Labute approximate surface area is 167 Å². The summed E-state index contributed by atoms with van der Waals surface area (Å²) >= 11 is 8.99. The molecule has 0 unspecified atom stereocenters. The Morgan fingerprint density at radius 2 is 1.81 bits per heavy atom. The summed E-state index contributed by atoms with van der Waals surface area (Å²) in [6.45, 7) is 6.95. The van der Waals surface area contributed by atoms with Gasteiger partial charge in [-0.05, 0) is 71.7 Å². The van der Waals surface area contributed by atoms with Crippen molar-refractivity contribution in [3.63, 3.8) is 0 Å². The van der Waals surface area contributed by atoms with Crippen LogP contribution in [-0.2, 0) is 6.54 Å². The molecular weight excluding hydrogens is 408 g/mol. The van der Waals surface area contributed by atoms with Gasteiger partial charge in [0.15, 0.2) is 10.9 Å². The lowest BCUT2D eigenvalue weighted by atomic mass is 10.1. The molecule has 26 heavy (non-hydrogen) atoms. The van der Waals surface area contributed by atoms with E-state index in [-0.39, 0.29) is 0 Å². The summed E-state index contributed by atoms with van der Waals surface area (Å²) in [5.74, 6) is 0.694. The van der Waals surface area contributed by atoms with Crippen LogP contribution in [0.2, 0.25) is 0 Å². The number of nitrogens with zero attached hydrogens (tertiary/aromatic N) is 2. The highest BCUT2D eigenvalue weighted by atomic mass is 79.9. The molecule has 3 rings (SSSR count). The van der Waals surface area contributed by atoms with Crippen molar-refractivity contribution in [2.45, 2.75) is 27.3 Å². The standard InChI is InChI=1S/C20H21BrN4S/c1-13-7-9-16(10-8-13)11-25-12-17(21)19(24-25)23-20(26)22-18-6-4-5-14(2)15(18)3/h4-10,12H,11H2,1-3H3,(H2,22,23,24,26). The second-order valence-electron chi connectivity index (χ2n) is 6.34. The highest BCUT2D eigenvalue weighted by Gasteiger charge is 2.10. The van der Waals surface area contributed by atoms with Crippen LogP contribution >= 0.6 is 28.1 Å². The zero-order valence-corrected chi connectivity index (χ0v) is 17.4. The maximum atomic E-state index is 5.44. The van der Waals surface area contributed by atoms with Gasteiger partial charge in [-0.3, -0.25) is 4.68 Å². The third kappa shape index (κ3) is 4.51. The molecular formula is C20H21BrN4S. The highest BCUT2D eigenvalue weighted by Crippen LogP contribution is 2.22. The first-order valence-corrected chi connectivity index (χ1v) is 9.55. The molecule has 3 aromatic rings. The van der Waals surface area contributed by atoms with Crippen molar-refractivity contribution in [1.29, 1.82) is 0 Å². The first kappa shape index (κ1) is 18.6. The van der Waals surface area contributed by atoms with Crippen molar-refractivity contribution in [2.75, 3.05) is 10.6 Å². The van der Waals surface area contributed by atoms with E-state index in [0.717, 1.165) is 10.2 Å². The second kappa shape index (κ2) is 8.01. The molecule has 0 aliphatic heterocycles. The van der Waals surface area contributed by atoms with Crippen LogP contribution < -0.4 is 10.6 Å². The minimum atomic E-state index is 0.514. The fourth-order valence-corrected chi connectivity index (χ4v) is 3.21. The zero-order chi connectivity index (χ0) is 18.7. The van der Waals surface area contributed by atoms with E-state index < -0.39 is 0 Å². The van der Waals surface area contributed by atoms with Crippen LogP contribution in [0.5, 0.6) is 0 Å². The van der Waals surface area contributed by atoms with Crippen LogP contribution in [0.15, 0.2) is 53.1 Å². The molecule has 134 valence electrons. The number of halogens is 1. The molecule has 4 nitrogen and oxygen atoms in total. The number of rotatable bonds is 4. The van der Waals surface area contributed by atoms with E-state index >= 15 is 0 Å². The SMILES string of the molecule is Cc1ccc(Cn2cc(Br)c(NC(=S)Nc3cccc(C)c3C)n2)cc1. The summed E-state index contributed by atoms with van der Waals surface area (Å²) in [6, 6.07) is 14.6. The summed E-state index contributed by atoms with van der Waals surface area (Å²) in [4.78, 5) is 0. The van der Waals surface area contributed by atoms with E-state index in [0.29, 0.717) is 17.5 Å². The number of nitrogens with one attached hydrogen (secondary N) is 2. The maximum Gasteiger partial charge on any atom is 0.176 e. The molecule has 0 atom stereocenters. The highest BCUT2D eigenvalue weighted by molar-refractivity contribution is 9.10. The van der Waals surface area contributed by atoms with E-state index in [1.807, 2.05) is 23.0 Å². The minimum Gasteiger partial charge on any atom is -0.332 e. The summed E-state index contributed by atoms with van der Waals surface area (Å²) in [6.07, 6.45) is 1.95. The molecule has 0 saturated heterocycles. The molecule has 0 amide bonds. The van der Waals surface area contributed by atoms with Gasteiger partial charge in [0.25, 0.3) is 0 Å². The van der Waals surface area contributed by atoms with Crippen LogP contribution in [0.3, 0.4) is 0 Å². The topological polar surface area (TPSA) is 41.9 Å². The summed E-state index contributed by atoms with van der Waals surface area (Å²) in [7, 11) is 0.